The third kappa shape index (κ3) is 4.49. The van der Waals surface area contributed by atoms with Gasteiger partial charge in [-0.1, -0.05) is 182 Å². The Kier molecular flexibility index (Phi) is 6.41. The molecule has 0 bridgehead atoms. The minimum Gasteiger partial charge on any atom is -0.135 e. The summed E-state index contributed by atoms with van der Waals surface area (Å²) in [6.45, 7) is 0. The zero-order valence-electron chi connectivity index (χ0n) is 30.9. The van der Waals surface area contributed by atoms with Crippen molar-refractivity contribution in [3.05, 3.63) is 194 Å². The van der Waals surface area contributed by atoms with Gasteiger partial charge in [0, 0.05) is 20.2 Å². The molecule has 13 aromatic rings. The van der Waals surface area contributed by atoms with Crippen molar-refractivity contribution in [1.29, 1.82) is 0 Å². The Balaban J connectivity index is 0.949. The Bertz CT molecular complexity index is 3480. The van der Waals surface area contributed by atoms with Gasteiger partial charge in [-0.25, -0.2) is 0 Å². The van der Waals surface area contributed by atoms with Gasteiger partial charge in [-0.2, -0.15) is 0 Å². The van der Waals surface area contributed by atoms with E-state index in [4.69, 9.17) is 0 Å². The van der Waals surface area contributed by atoms with Gasteiger partial charge in [0.05, 0.1) is 0 Å². The van der Waals surface area contributed by atoms with Gasteiger partial charge in [-0.05, 0) is 121 Å². The maximum Gasteiger partial charge on any atom is 0.0361 e. The van der Waals surface area contributed by atoms with E-state index in [1.807, 2.05) is 11.3 Å². The number of hydrogen-bond acceptors (Lipinski definition) is 1. The van der Waals surface area contributed by atoms with Crippen LogP contribution in [0.3, 0.4) is 0 Å². The molecule has 0 aliphatic rings. The van der Waals surface area contributed by atoms with Crippen LogP contribution < -0.4 is 0 Å². The SMILES string of the molecule is c1ccc(-c2ccc3ccc4c(-c5ccc6c(c5)sc5cc(-c7ccc8ccc9c(-c%10ccccc%10)ccc%10ccc7c8c%109)ccc56)ccc5ccc2c3c54)cc1. The van der Waals surface area contributed by atoms with E-state index in [-0.39, 0.29) is 0 Å². The van der Waals surface area contributed by atoms with Crippen LogP contribution in [0.5, 0.6) is 0 Å². The largest absolute Gasteiger partial charge is 0.135 e. The quantitative estimate of drug-likeness (QED) is 0.158. The van der Waals surface area contributed by atoms with Gasteiger partial charge in [0.2, 0.25) is 0 Å². The summed E-state index contributed by atoms with van der Waals surface area (Å²) >= 11 is 1.91. The molecular weight excluding hydrogens is 705 g/mol. The summed E-state index contributed by atoms with van der Waals surface area (Å²) in [7, 11) is 0. The Morgan fingerprint density at radius 3 is 0.877 bits per heavy atom. The second kappa shape index (κ2) is 11.7. The Morgan fingerprint density at radius 1 is 0.228 bits per heavy atom. The highest BCUT2D eigenvalue weighted by atomic mass is 32.1. The summed E-state index contributed by atoms with van der Waals surface area (Å²) in [5, 5.41) is 18.4. The van der Waals surface area contributed by atoms with E-state index in [9.17, 15) is 0 Å². The summed E-state index contributed by atoms with van der Waals surface area (Å²) in [4.78, 5) is 0. The minimum atomic E-state index is 1.26. The summed E-state index contributed by atoms with van der Waals surface area (Å²) in [5.41, 5.74) is 10.2. The van der Waals surface area contributed by atoms with E-state index >= 15 is 0 Å². The third-order valence-electron chi connectivity index (χ3n) is 12.6. The third-order valence-corrected chi connectivity index (χ3v) is 13.7. The summed E-state index contributed by atoms with van der Waals surface area (Å²) in [6.07, 6.45) is 0. The Morgan fingerprint density at radius 2 is 0.526 bits per heavy atom. The maximum absolute atomic E-state index is 2.42. The molecule has 1 aromatic heterocycles. The average Bonchev–Trinajstić information content (AvgIpc) is 3.65. The van der Waals surface area contributed by atoms with Gasteiger partial charge in [0.25, 0.3) is 0 Å². The molecule has 0 atom stereocenters. The van der Waals surface area contributed by atoms with Crippen LogP contribution in [0.15, 0.2) is 194 Å². The molecule has 0 aliphatic heterocycles. The van der Waals surface area contributed by atoms with Gasteiger partial charge in [0.1, 0.15) is 0 Å². The van der Waals surface area contributed by atoms with Gasteiger partial charge >= 0.3 is 0 Å². The van der Waals surface area contributed by atoms with Crippen molar-refractivity contribution >= 4 is 96.1 Å². The van der Waals surface area contributed by atoms with Crippen molar-refractivity contribution < 1.29 is 0 Å². The minimum absolute atomic E-state index is 1.26. The van der Waals surface area contributed by atoms with Gasteiger partial charge < -0.3 is 0 Å². The van der Waals surface area contributed by atoms with Crippen LogP contribution in [-0.4, -0.2) is 0 Å². The molecular formula is C56H32S. The van der Waals surface area contributed by atoms with Crippen molar-refractivity contribution in [2.24, 2.45) is 0 Å². The second-order valence-electron chi connectivity index (χ2n) is 15.6. The first-order valence-corrected chi connectivity index (χ1v) is 20.6. The number of fused-ring (bicyclic) bond motifs is 3. The number of rotatable bonds is 4. The highest BCUT2D eigenvalue weighted by molar-refractivity contribution is 7.25. The molecule has 0 spiro atoms. The fourth-order valence-corrected chi connectivity index (χ4v) is 11.1. The molecule has 57 heavy (non-hydrogen) atoms. The summed E-state index contributed by atoms with van der Waals surface area (Å²) in [6, 6.07) is 72.7. The van der Waals surface area contributed by atoms with Crippen LogP contribution in [-0.2, 0) is 0 Å². The molecule has 13 rings (SSSR count). The van der Waals surface area contributed by atoms with Crippen molar-refractivity contribution in [3.8, 4) is 44.5 Å². The first-order chi connectivity index (χ1) is 28.2. The lowest BCUT2D eigenvalue weighted by Crippen LogP contribution is -1.89. The van der Waals surface area contributed by atoms with Crippen molar-refractivity contribution in [2.45, 2.75) is 0 Å². The molecule has 0 fully saturated rings. The molecule has 12 aromatic carbocycles. The zero-order chi connectivity index (χ0) is 37.2. The lowest BCUT2D eigenvalue weighted by atomic mass is 9.87. The smallest absolute Gasteiger partial charge is 0.0361 e. The second-order valence-corrected chi connectivity index (χ2v) is 16.6. The van der Waals surface area contributed by atoms with Gasteiger partial charge in [-0.3, -0.25) is 0 Å². The van der Waals surface area contributed by atoms with Crippen LogP contribution in [0.4, 0.5) is 0 Å². The number of thiophene rings is 1. The summed E-state index contributed by atoms with van der Waals surface area (Å²) in [5.74, 6) is 0. The van der Waals surface area contributed by atoms with E-state index in [0.29, 0.717) is 0 Å². The number of hydrogen-bond donors (Lipinski definition) is 0. The lowest BCUT2D eigenvalue weighted by molar-refractivity contribution is 1.66. The van der Waals surface area contributed by atoms with E-state index in [0.717, 1.165) is 0 Å². The first kappa shape index (κ1) is 31.2. The molecule has 0 saturated heterocycles. The van der Waals surface area contributed by atoms with Gasteiger partial charge in [-0.15, -0.1) is 11.3 Å². The van der Waals surface area contributed by atoms with Crippen LogP contribution in [0.25, 0.3) is 129 Å². The predicted molar refractivity (Wildman–Crippen MR) is 248 cm³/mol. The molecule has 0 aliphatic carbocycles. The number of benzene rings is 12. The fourth-order valence-electron chi connectivity index (χ4n) is 9.96. The zero-order valence-corrected chi connectivity index (χ0v) is 31.7. The van der Waals surface area contributed by atoms with E-state index in [1.165, 1.54) is 129 Å². The fraction of sp³-hybridized carbons (Fsp3) is 0. The van der Waals surface area contributed by atoms with E-state index in [2.05, 4.69) is 194 Å². The molecule has 0 radical (unpaired) electrons. The normalized spacial score (nSPS) is 12.2. The van der Waals surface area contributed by atoms with Crippen molar-refractivity contribution in [2.75, 3.05) is 0 Å². The van der Waals surface area contributed by atoms with E-state index < -0.39 is 0 Å². The summed E-state index contributed by atoms with van der Waals surface area (Å²) < 4.78 is 2.64. The lowest BCUT2D eigenvalue weighted by Gasteiger charge is -2.16. The maximum atomic E-state index is 2.42. The van der Waals surface area contributed by atoms with Crippen molar-refractivity contribution in [3.63, 3.8) is 0 Å². The highest BCUT2D eigenvalue weighted by Gasteiger charge is 2.18. The molecule has 0 N–H and O–H groups in total. The van der Waals surface area contributed by atoms with Crippen LogP contribution in [0, 0.1) is 0 Å². The van der Waals surface area contributed by atoms with Crippen LogP contribution >= 0.6 is 11.3 Å². The van der Waals surface area contributed by atoms with Crippen LogP contribution in [0.2, 0.25) is 0 Å². The topological polar surface area (TPSA) is 0 Å². The molecule has 0 amide bonds. The van der Waals surface area contributed by atoms with Crippen molar-refractivity contribution in [1.82, 2.24) is 0 Å². The Hall–Kier alpha value is -7.06. The monoisotopic (exact) mass is 736 g/mol. The molecule has 1 heterocycles. The van der Waals surface area contributed by atoms with Crippen LogP contribution in [0.1, 0.15) is 0 Å². The average molecular weight is 737 g/mol. The molecule has 262 valence electrons. The standard InChI is InChI=1S/C56H32S/c1-3-7-33(8-4-1)41-21-11-35-17-29-49-43(23-13-37-15-27-47(41)53(35)55(37)49)39-19-25-45-46-26-20-40(32-52(46)57-51(45)31-39)44-24-14-38-16-28-48-42(34-9-5-2-6-10-34)22-12-36-18-30-50(44)56(38)54(36)48/h1-32H. The molecule has 0 nitrogen and oxygen atoms in total. The van der Waals surface area contributed by atoms with E-state index in [1.54, 1.807) is 0 Å². The Labute approximate surface area is 333 Å². The predicted octanol–water partition coefficient (Wildman–Crippen LogP) is 16.5. The molecule has 1 heteroatoms. The molecule has 0 unspecified atom stereocenters. The first-order valence-electron chi connectivity index (χ1n) is 19.7. The van der Waals surface area contributed by atoms with Gasteiger partial charge in [0.15, 0.2) is 0 Å². The highest BCUT2D eigenvalue weighted by Crippen LogP contribution is 2.46. The molecule has 0 saturated carbocycles.